The second-order valence-corrected chi connectivity index (χ2v) is 5.10. The first kappa shape index (κ1) is 15.6. The van der Waals surface area contributed by atoms with E-state index in [1.807, 2.05) is 6.07 Å². The van der Waals surface area contributed by atoms with Gasteiger partial charge in [-0.15, -0.1) is 0 Å². The number of benzene rings is 2. The first-order chi connectivity index (χ1) is 11.6. The van der Waals surface area contributed by atoms with Crippen LogP contribution in [0.2, 0.25) is 0 Å². The lowest BCUT2D eigenvalue weighted by Crippen LogP contribution is -2.10. The number of fused-ring (bicyclic) bond motifs is 1. The van der Waals surface area contributed by atoms with Gasteiger partial charge in [-0.3, -0.25) is 4.79 Å². The molecule has 2 N–H and O–H groups in total. The van der Waals surface area contributed by atoms with Crippen LogP contribution in [-0.2, 0) is 0 Å². The number of methoxy groups -OCH3 is 2. The molecule has 0 radical (unpaired) electrons. The number of hydrogen-bond acceptors (Lipinski definition) is 5. The van der Waals surface area contributed by atoms with Crippen LogP contribution in [-0.4, -0.2) is 29.3 Å². The summed E-state index contributed by atoms with van der Waals surface area (Å²) in [7, 11) is 3.04. The maximum atomic E-state index is 12.3. The standard InChI is InChI=1S/C18H16N2O4/c1-23-15-9-13-14(10-16(15)24-2)19-17(20-18(13)22)7-6-11-4-3-5-12(21)8-11/h3-10,21H,1-2H3,(H,19,20,22)/b7-6+. The Hall–Kier alpha value is -3.28. The number of H-pyrrole nitrogens is 1. The number of nitrogens with zero attached hydrogens (tertiary/aromatic N) is 1. The van der Waals surface area contributed by atoms with Gasteiger partial charge in [0.05, 0.1) is 25.1 Å². The van der Waals surface area contributed by atoms with E-state index in [2.05, 4.69) is 9.97 Å². The molecule has 0 aliphatic rings. The van der Waals surface area contributed by atoms with E-state index in [4.69, 9.17) is 9.47 Å². The molecule has 0 unspecified atom stereocenters. The number of phenolic OH excluding ortho intramolecular Hbond substituents is 1. The quantitative estimate of drug-likeness (QED) is 0.771. The third-order valence-corrected chi connectivity index (χ3v) is 3.53. The third-order valence-electron chi connectivity index (χ3n) is 3.53. The highest BCUT2D eigenvalue weighted by Gasteiger charge is 2.10. The first-order valence-corrected chi connectivity index (χ1v) is 7.24. The third kappa shape index (κ3) is 3.08. The van der Waals surface area contributed by atoms with Crippen molar-refractivity contribution in [3.05, 3.63) is 58.1 Å². The van der Waals surface area contributed by atoms with E-state index in [0.29, 0.717) is 28.2 Å². The fourth-order valence-electron chi connectivity index (χ4n) is 2.37. The molecule has 6 heteroatoms. The minimum atomic E-state index is -0.267. The van der Waals surface area contributed by atoms with Gasteiger partial charge in [-0.25, -0.2) is 4.98 Å². The summed E-state index contributed by atoms with van der Waals surface area (Å²) in [6.45, 7) is 0. The Morgan fingerprint density at radius 2 is 1.83 bits per heavy atom. The summed E-state index contributed by atoms with van der Waals surface area (Å²) in [6.07, 6.45) is 3.43. The molecule has 0 amide bonds. The molecule has 3 rings (SSSR count). The number of ether oxygens (including phenoxy) is 2. The van der Waals surface area contributed by atoms with Crippen LogP contribution in [0, 0.1) is 0 Å². The zero-order valence-corrected chi connectivity index (χ0v) is 13.2. The number of hydrogen-bond donors (Lipinski definition) is 2. The Balaban J connectivity index is 2.05. The predicted molar refractivity (Wildman–Crippen MR) is 92.5 cm³/mol. The van der Waals surface area contributed by atoms with Crippen LogP contribution in [0.5, 0.6) is 17.2 Å². The molecule has 0 aliphatic heterocycles. The topological polar surface area (TPSA) is 84.4 Å². The van der Waals surface area contributed by atoms with Gasteiger partial charge in [0.15, 0.2) is 11.5 Å². The molecule has 3 aromatic rings. The van der Waals surface area contributed by atoms with E-state index in [1.165, 1.54) is 14.2 Å². The lowest BCUT2D eigenvalue weighted by atomic mass is 10.2. The SMILES string of the molecule is COc1cc2nc(/C=C/c3cccc(O)c3)[nH]c(=O)c2cc1OC. The van der Waals surface area contributed by atoms with Gasteiger partial charge in [0.1, 0.15) is 11.6 Å². The molecular weight excluding hydrogens is 308 g/mol. The smallest absolute Gasteiger partial charge is 0.259 e. The van der Waals surface area contributed by atoms with Crippen LogP contribution in [0.15, 0.2) is 41.2 Å². The second kappa shape index (κ2) is 6.45. The normalized spacial score (nSPS) is 11.1. The Morgan fingerprint density at radius 3 is 2.54 bits per heavy atom. The molecule has 0 bridgehead atoms. The van der Waals surface area contributed by atoms with E-state index in [-0.39, 0.29) is 11.3 Å². The highest BCUT2D eigenvalue weighted by atomic mass is 16.5. The van der Waals surface area contributed by atoms with Crippen molar-refractivity contribution in [2.45, 2.75) is 0 Å². The average Bonchev–Trinajstić information content (AvgIpc) is 2.59. The van der Waals surface area contributed by atoms with Gasteiger partial charge in [-0.1, -0.05) is 18.2 Å². The minimum absolute atomic E-state index is 0.175. The summed E-state index contributed by atoms with van der Waals surface area (Å²) in [5.41, 5.74) is 1.04. The van der Waals surface area contributed by atoms with Crippen molar-refractivity contribution in [1.29, 1.82) is 0 Å². The average molecular weight is 324 g/mol. The Morgan fingerprint density at radius 1 is 1.08 bits per heavy atom. The number of phenols is 1. The van der Waals surface area contributed by atoms with Crippen molar-refractivity contribution in [2.75, 3.05) is 14.2 Å². The molecule has 0 fully saturated rings. The minimum Gasteiger partial charge on any atom is -0.508 e. The summed E-state index contributed by atoms with van der Waals surface area (Å²) in [5.74, 6) is 1.56. The van der Waals surface area contributed by atoms with Gasteiger partial charge >= 0.3 is 0 Å². The maximum Gasteiger partial charge on any atom is 0.259 e. The molecule has 0 aliphatic carbocycles. The van der Waals surface area contributed by atoms with Crippen LogP contribution < -0.4 is 15.0 Å². The molecule has 1 aromatic heterocycles. The molecule has 0 saturated heterocycles. The van der Waals surface area contributed by atoms with Crippen LogP contribution in [0.4, 0.5) is 0 Å². The molecule has 0 saturated carbocycles. The Labute approximate surface area is 138 Å². The fraction of sp³-hybridized carbons (Fsp3) is 0.111. The van der Waals surface area contributed by atoms with Gasteiger partial charge in [-0.2, -0.15) is 0 Å². The van der Waals surface area contributed by atoms with Crippen LogP contribution in [0.3, 0.4) is 0 Å². The zero-order valence-electron chi connectivity index (χ0n) is 13.2. The number of nitrogens with one attached hydrogen (secondary N) is 1. The first-order valence-electron chi connectivity index (χ1n) is 7.24. The Kier molecular flexibility index (Phi) is 4.20. The van der Waals surface area contributed by atoms with Crippen molar-refractivity contribution in [3.63, 3.8) is 0 Å². The van der Waals surface area contributed by atoms with Gasteiger partial charge in [0.2, 0.25) is 0 Å². The fourth-order valence-corrected chi connectivity index (χ4v) is 2.37. The molecular formula is C18H16N2O4. The molecule has 0 spiro atoms. The molecule has 2 aromatic carbocycles. The van der Waals surface area contributed by atoms with Gasteiger partial charge < -0.3 is 19.6 Å². The summed E-state index contributed by atoms with van der Waals surface area (Å²) in [6, 6.07) is 10.0. The summed E-state index contributed by atoms with van der Waals surface area (Å²) >= 11 is 0. The van der Waals surface area contributed by atoms with E-state index < -0.39 is 0 Å². The summed E-state index contributed by atoms with van der Waals surface area (Å²) < 4.78 is 10.4. The van der Waals surface area contributed by atoms with Gasteiger partial charge in [0, 0.05) is 6.07 Å². The van der Waals surface area contributed by atoms with E-state index in [9.17, 15) is 9.90 Å². The van der Waals surface area contributed by atoms with Crippen LogP contribution in [0.25, 0.3) is 23.1 Å². The number of aromatic hydroxyl groups is 1. The predicted octanol–water partition coefficient (Wildman–Crippen LogP) is 2.82. The lowest BCUT2D eigenvalue weighted by molar-refractivity contribution is 0.355. The monoisotopic (exact) mass is 324 g/mol. The highest BCUT2D eigenvalue weighted by Crippen LogP contribution is 2.30. The Bertz CT molecular complexity index is 976. The zero-order chi connectivity index (χ0) is 17.1. The summed E-state index contributed by atoms with van der Waals surface area (Å²) in [5, 5.41) is 9.89. The van der Waals surface area contributed by atoms with Crippen LogP contribution in [0.1, 0.15) is 11.4 Å². The van der Waals surface area contributed by atoms with Crippen molar-refractivity contribution in [2.24, 2.45) is 0 Å². The number of rotatable bonds is 4. The number of aromatic nitrogens is 2. The van der Waals surface area contributed by atoms with E-state index in [0.717, 1.165) is 5.56 Å². The maximum absolute atomic E-state index is 12.3. The largest absolute Gasteiger partial charge is 0.508 e. The van der Waals surface area contributed by atoms with E-state index in [1.54, 1.807) is 42.5 Å². The van der Waals surface area contributed by atoms with Crippen molar-refractivity contribution in [1.82, 2.24) is 9.97 Å². The second-order valence-electron chi connectivity index (χ2n) is 5.10. The van der Waals surface area contributed by atoms with Crippen molar-refractivity contribution in [3.8, 4) is 17.2 Å². The number of aromatic amines is 1. The summed E-state index contributed by atoms with van der Waals surface area (Å²) in [4.78, 5) is 19.4. The highest BCUT2D eigenvalue weighted by molar-refractivity contribution is 5.83. The van der Waals surface area contributed by atoms with Gasteiger partial charge in [0.25, 0.3) is 5.56 Å². The van der Waals surface area contributed by atoms with E-state index >= 15 is 0 Å². The van der Waals surface area contributed by atoms with Crippen LogP contribution >= 0.6 is 0 Å². The lowest BCUT2D eigenvalue weighted by Gasteiger charge is -2.08. The molecule has 1 heterocycles. The molecule has 0 atom stereocenters. The molecule has 122 valence electrons. The molecule has 6 nitrogen and oxygen atoms in total. The van der Waals surface area contributed by atoms with Gasteiger partial charge in [-0.05, 0) is 29.8 Å². The van der Waals surface area contributed by atoms with Crippen molar-refractivity contribution < 1.29 is 14.6 Å². The van der Waals surface area contributed by atoms with Crippen molar-refractivity contribution >= 4 is 23.1 Å². The molecule has 24 heavy (non-hydrogen) atoms.